The summed E-state index contributed by atoms with van der Waals surface area (Å²) in [6.07, 6.45) is 6.03. The molecule has 0 saturated carbocycles. The van der Waals surface area contributed by atoms with E-state index in [1.54, 1.807) is 0 Å². The first-order chi connectivity index (χ1) is 4.77. The van der Waals surface area contributed by atoms with E-state index in [1.807, 2.05) is 11.8 Å². The van der Waals surface area contributed by atoms with Crippen molar-refractivity contribution >= 4 is 28.2 Å². The molecule has 0 aromatic rings. The van der Waals surface area contributed by atoms with Crippen LogP contribution in [0.25, 0.3) is 0 Å². The molecule has 1 heterocycles. The van der Waals surface area contributed by atoms with Crippen molar-refractivity contribution in [2.24, 2.45) is 4.99 Å². The van der Waals surface area contributed by atoms with Gasteiger partial charge in [-0.05, 0) is 6.42 Å². The predicted molar refractivity (Wildman–Crippen MR) is 66.0 cm³/mol. The van der Waals surface area contributed by atoms with E-state index in [-0.39, 0.29) is 36.6 Å². The molecule has 0 spiro atoms. The van der Waals surface area contributed by atoms with Crippen LogP contribution in [0.2, 0.25) is 0 Å². The van der Waals surface area contributed by atoms with Gasteiger partial charge in [0.25, 0.3) is 0 Å². The molecular formula is C9H21NSSiTi. The summed E-state index contributed by atoms with van der Waals surface area (Å²) in [5, 5.41) is 0. The quantitative estimate of drug-likeness (QED) is 0.551. The molecule has 1 atom stereocenters. The Morgan fingerprint density at radius 1 is 1.54 bits per heavy atom. The Morgan fingerprint density at radius 3 is 2.54 bits per heavy atom. The van der Waals surface area contributed by atoms with Crippen LogP contribution in [0.1, 0.15) is 26.2 Å². The van der Waals surface area contributed by atoms with Crippen LogP contribution in [0.15, 0.2) is 4.99 Å². The van der Waals surface area contributed by atoms with Crippen LogP contribution in [0.4, 0.5) is 0 Å². The molecular weight excluding hydrogens is 230 g/mol. The number of thioether (sulfide) groups is 1. The van der Waals surface area contributed by atoms with Crippen molar-refractivity contribution in [3.05, 3.63) is 14.9 Å². The van der Waals surface area contributed by atoms with Gasteiger partial charge >= 0.3 is 21.7 Å². The Balaban J connectivity index is -0.000000333. The number of hydrogen-bond acceptors (Lipinski definition) is 2. The van der Waals surface area contributed by atoms with Gasteiger partial charge in [0.15, 0.2) is 0 Å². The van der Waals surface area contributed by atoms with Crippen LogP contribution in [-0.4, -0.2) is 26.7 Å². The van der Waals surface area contributed by atoms with Crippen molar-refractivity contribution in [2.45, 2.75) is 30.7 Å². The standard InChI is InChI=1S/C7H15NSSi.2CH3.Ti/c1-2-3-4-7(10)8-5-6-9-7;;;/h5H,2-4,6H2,1,10H3;2*1H3;/q;2*-1;+2. The van der Waals surface area contributed by atoms with Gasteiger partial charge in [-0.2, -0.15) is 0 Å². The van der Waals surface area contributed by atoms with E-state index in [4.69, 9.17) is 0 Å². The van der Waals surface area contributed by atoms with Crippen molar-refractivity contribution in [3.63, 3.8) is 0 Å². The maximum atomic E-state index is 4.50. The second kappa shape index (κ2) is 9.50. The molecule has 1 unspecified atom stereocenters. The van der Waals surface area contributed by atoms with Gasteiger partial charge in [-0.25, -0.2) is 0 Å². The van der Waals surface area contributed by atoms with E-state index in [2.05, 4.69) is 18.1 Å². The first kappa shape index (κ1) is 19.5. The molecule has 0 saturated heterocycles. The van der Waals surface area contributed by atoms with Gasteiger partial charge in [-0.15, -0.1) is 11.8 Å². The van der Waals surface area contributed by atoms with Gasteiger partial charge in [-0.3, -0.25) is 4.99 Å². The Bertz CT molecular complexity index is 144. The van der Waals surface area contributed by atoms with E-state index >= 15 is 0 Å². The molecule has 76 valence electrons. The minimum atomic E-state index is 0. The van der Waals surface area contributed by atoms with E-state index < -0.39 is 0 Å². The number of nitrogens with zero attached hydrogens (tertiary/aromatic N) is 1. The van der Waals surface area contributed by atoms with Crippen LogP contribution in [0, 0.1) is 14.9 Å². The van der Waals surface area contributed by atoms with Crippen molar-refractivity contribution in [1.29, 1.82) is 0 Å². The van der Waals surface area contributed by atoms with Crippen LogP contribution < -0.4 is 0 Å². The third-order valence-electron chi connectivity index (χ3n) is 1.83. The monoisotopic (exact) mass is 251 g/mol. The Kier molecular flexibility index (Phi) is 14.3. The van der Waals surface area contributed by atoms with Crippen LogP contribution >= 0.6 is 11.8 Å². The van der Waals surface area contributed by atoms with Crippen LogP contribution in [0.5, 0.6) is 0 Å². The Morgan fingerprint density at radius 2 is 2.15 bits per heavy atom. The van der Waals surface area contributed by atoms with E-state index in [9.17, 15) is 0 Å². The molecule has 0 N–H and O–H groups in total. The smallest absolute Gasteiger partial charge is 0.358 e. The van der Waals surface area contributed by atoms with Gasteiger partial charge in [0.05, 0.1) is 14.7 Å². The molecule has 1 rings (SSSR count). The fourth-order valence-corrected chi connectivity index (χ4v) is 3.11. The maximum Gasteiger partial charge on any atom is 2.00 e. The third-order valence-corrected chi connectivity index (χ3v) is 4.70. The summed E-state index contributed by atoms with van der Waals surface area (Å²) in [6.45, 7) is 2.24. The summed E-state index contributed by atoms with van der Waals surface area (Å²) in [4.78, 5) is 4.50. The number of rotatable bonds is 3. The number of aliphatic imine (C=N–C) groups is 1. The van der Waals surface area contributed by atoms with E-state index in [0.29, 0.717) is 4.49 Å². The zero-order valence-electron chi connectivity index (χ0n) is 9.26. The molecule has 0 amide bonds. The van der Waals surface area contributed by atoms with Crippen molar-refractivity contribution in [2.75, 3.05) is 5.75 Å². The molecule has 0 aliphatic carbocycles. The summed E-state index contributed by atoms with van der Waals surface area (Å²) in [7, 11) is 1.21. The van der Waals surface area contributed by atoms with Crippen molar-refractivity contribution < 1.29 is 21.7 Å². The van der Waals surface area contributed by atoms with Gasteiger partial charge in [0.2, 0.25) is 0 Å². The van der Waals surface area contributed by atoms with Gasteiger partial charge < -0.3 is 14.9 Å². The molecule has 4 heteroatoms. The van der Waals surface area contributed by atoms with Crippen LogP contribution in [-0.2, 0) is 21.7 Å². The normalized spacial score (nSPS) is 24.4. The van der Waals surface area contributed by atoms with E-state index in [0.717, 1.165) is 5.75 Å². The average molecular weight is 251 g/mol. The van der Waals surface area contributed by atoms with Gasteiger partial charge in [0, 0.05) is 12.0 Å². The largest absolute Gasteiger partial charge is 2.00 e. The van der Waals surface area contributed by atoms with Crippen molar-refractivity contribution in [1.82, 2.24) is 0 Å². The summed E-state index contributed by atoms with van der Waals surface area (Å²) in [5.41, 5.74) is 0. The molecule has 13 heavy (non-hydrogen) atoms. The van der Waals surface area contributed by atoms with Crippen LogP contribution in [0.3, 0.4) is 0 Å². The summed E-state index contributed by atoms with van der Waals surface area (Å²) in [5.74, 6) is 1.15. The van der Waals surface area contributed by atoms with Gasteiger partial charge in [0.1, 0.15) is 0 Å². The molecule has 0 bridgehead atoms. The molecule has 1 aliphatic heterocycles. The second-order valence-corrected chi connectivity index (χ2v) is 6.78. The first-order valence-corrected chi connectivity index (χ1v) is 5.93. The summed E-state index contributed by atoms with van der Waals surface area (Å²) >= 11 is 2.02. The molecule has 1 aliphatic rings. The first-order valence-electron chi connectivity index (χ1n) is 3.94. The molecule has 0 aromatic carbocycles. The minimum Gasteiger partial charge on any atom is -0.358 e. The predicted octanol–water partition coefficient (Wildman–Crippen LogP) is 1.91. The SMILES string of the molecule is CCCCC1([SiH3])N=CCS1.[CH3-].[CH3-].[Ti+2]. The van der Waals surface area contributed by atoms with Gasteiger partial charge in [-0.1, -0.05) is 19.8 Å². The number of hydrogen-bond donors (Lipinski definition) is 0. The maximum absolute atomic E-state index is 4.50. The fraction of sp³-hybridized carbons (Fsp3) is 0.667. The topological polar surface area (TPSA) is 12.4 Å². The Labute approximate surface area is 106 Å². The zero-order valence-corrected chi connectivity index (χ0v) is 13.6. The minimum absolute atomic E-state index is 0. The molecule has 0 aromatic heterocycles. The molecule has 0 radical (unpaired) electrons. The summed E-state index contributed by atoms with van der Waals surface area (Å²) in [6, 6.07) is 0. The molecule has 1 nitrogen and oxygen atoms in total. The van der Waals surface area contributed by atoms with E-state index in [1.165, 1.54) is 29.5 Å². The van der Waals surface area contributed by atoms with Crippen molar-refractivity contribution in [3.8, 4) is 0 Å². The average Bonchev–Trinajstić information content (AvgIpc) is 2.33. The second-order valence-electron chi connectivity index (χ2n) is 2.90. The number of unbranched alkanes of at least 4 members (excludes halogenated alkanes) is 1. The summed E-state index contributed by atoms with van der Waals surface area (Å²) < 4.78 is 0.371. The Hall–Kier alpha value is 0.951. The third kappa shape index (κ3) is 6.95. The zero-order chi connectivity index (χ0) is 7.45. The fourth-order valence-electron chi connectivity index (χ4n) is 1.13. The molecule has 0 fully saturated rings.